The lowest BCUT2D eigenvalue weighted by Gasteiger charge is -2.41. The number of hydrogen-bond donors (Lipinski definition) is 0. The molecule has 0 saturated carbocycles. The summed E-state index contributed by atoms with van der Waals surface area (Å²) < 4.78 is 0. The second-order valence-corrected chi connectivity index (χ2v) is 9.61. The Balaban J connectivity index is 2.32. The molecule has 0 aromatic heterocycles. The molecule has 0 nitrogen and oxygen atoms in total. The first-order valence-corrected chi connectivity index (χ1v) is 9.30. The molecule has 3 rings (SSSR count). The summed E-state index contributed by atoms with van der Waals surface area (Å²) in [7, 11) is 5.83. The van der Waals surface area contributed by atoms with Crippen molar-refractivity contribution in [3.63, 3.8) is 0 Å². The van der Waals surface area contributed by atoms with Gasteiger partial charge in [0.1, 0.15) is 0 Å². The normalized spacial score (nSPS) is 24.5. The second kappa shape index (κ2) is 3.75. The molecule has 0 atom stereocenters. The van der Waals surface area contributed by atoms with Crippen LogP contribution >= 0.6 is 31.4 Å². The minimum atomic E-state index is 0.169. The van der Waals surface area contributed by atoms with Gasteiger partial charge in [0.05, 0.1) is 0 Å². The van der Waals surface area contributed by atoms with E-state index in [2.05, 4.69) is 52.0 Å². The Morgan fingerprint density at radius 3 is 1.59 bits per heavy atom. The van der Waals surface area contributed by atoms with Gasteiger partial charge in [0.2, 0.25) is 0 Å². The Morgan fingerprint density at radius 1 is 0.765 bits per heavy atom. The molecule has 0 radical (unpaired) electrons. The lowest BCUT2D eigenvalue weighted by Crippen LogP contribution is -2.34. The van der Waals surface area contributed by atoms with Crippen molar-refractivity contribution in [2.75, 3.05) is 0 Å². The van der Waals surface area contributed by atoms with E-state index in [1.165, 1.54) is 11.1 Å². The number of rotatable bonds is 0. The van der Waals surface area contributed by atoms with Gasteiger partial charge in [0.25, 0.3) is 0 Å². The zero-order valence-corrected chi connectivity index (χ0v) is 13.0. The Morgan fingerprint density at radius 2 is 1.18 bits per heavy atom. The van der Waals surface area contributed by atoms with Gasteiger partial charge in [-0.2, -0.15) is 0 Å². The molecule has 1 aliphatic carbocycles. The van der Waals surface area contributed by atoms with E-state index in [-0.39, 0.29) is 10.8 Å². The molecule has 17 heavy (non-hydrogen) atoms. The highest BCUT2D eigenvalue weighted by Gasteiger charge is 2.46. The number of fused-ring (bicyclic) bond motifs is 1. The number of benzene rings is 1. The largest absolute Gasteiger partial charge is 0.0619 e. The quantitative estimate of drug-likeness (QED) is 0.575. The first-order valence-electron chi connectivity index (χ1n) is 5.82. The van der Waals surface area contributed by atoms with Crippen molar-refractivity contribution >= 4 is 31.4 Å². The molecule has 0 spiro atoms. The van der Waals surface area contributed by atoms with Crippen molar-refractivity contribution in [3.05, 3.63) is 45.2 Å². The fourth-order valence-corrected chi connectivity index (χ4v) is 8.58. The van der Waals surface area contributed by atoms with E-state index in [4.69, 9.17) is 0 Å². The fourth-order valence-electron chi connectivity index (χ4n) is 2.75. The van der Waals surface area contributed by atoms with Gasteiger partial charge in [0.15, 0.2) is 0 Å². The summed E-state index contributed by atoms with van der Waals surface area (Å²) in [6, 6.07) is 8.94. The maximum absolute atomic E-state index is 2.36. The zero-order chi connectivity index (χ0) is 12.3. The summed E-state index contributed by atoms with van der Waals surface area (Å²) >= 11 is 0. The van der Waals surface area contributed by atoms with Gasteiger partial charge < -0.3 is 0 Å². The molecule has 0 saturated heterocycles. The molecule has 0 unspecified atom stereocenters. The van der Waals surface area contributed by atoms with Crippen molar-refractivity contribution in [3.8, 4) is 0 Å². The average Bonchev–Trinajstić information content (AvgIpc) is 2.78. The monoisotopic (exact) mass is 280 g/mol. The van der Waals surface area contributed by atoms with Crippen LogP contribution in [-0.2, 0) is 10.8 Å². The van der Waals surface area contributed by atoms with Crippen molar-refractivity contribution in [1.29, 1.82) is 0 Å². The van der Waals surface area contributed by atoms with Gasteiger partial charge in [-0.05, 0) is 42.5 Å². The molecule has 1 heterocycles. The van der Waals surface area contributed by atoms with Crippen LogP contribution in [0, 0.1) is 0 Å². The van der Waals surface area contributed by atoms with Crippen LogP contribution in [0.5, 0.6) is 0 Å². The Labute approximate surface area is 115 Å². The highest BCUT2D eigenvalue weighted by Crippen LogP contribution is 2.67. The summed E-state index contributed by atoms with van der Waals surface area (Å²) in [6.45, 7) is 9.43. The summed E-state index contributed by atoms with van der Waals surface area (Å²) in [5.41, 5.74) is 3.34. The Bertz CT molecular complexity index is 467. The van der Waals surface area contributed by atoms with E-state index in [0.29, 0.717) is 0 Å². The first kappa shape index (κ1) is 12.1. The maximum atomic E-state index is 2.36. The van der Waals surface area contributed by atoms with Gasteiger partial charge in [0, 0.05) is 20.6 Å². The van der Waals surface area contributed by atoms with Crippen LogP contribution in [0.3, 0.4) is 0 Å². The molecule has 90 valence electrons. The van der Waals surface area contributed by atoms with Crippen molar-refractivity contribution in [2.45, 2.75) is 38.5 Å². The zero-order valence-electron chi connectivity index (χ0n) is 10.5. The third kappa shape index (κ3) is 1.55. The van der Waals surface area contributed by atoms with Crippen LogP contribution in [0.4, 0.5) is 0 Å². The Kier molecular flexibility index (Phi) is 2.66. The molecular formula is C14H16S3. The molecule has 1 aliphatic heterocycles. The van der Waals surface area contributed by atoms with Crippen molar-refractivity contribution in [1.82, 2.24) is 0 Å². The van der Waals surface area contributed by atoms with Crippen LogP contribution in [0.15, 0.2) is 34.1 Å². The van der Waals surface area contributed by atoms with Crippen molar-refractivity contribution in [2.24, 2.45) is 0 Å². The minimum absolute atomic E-state index is 0.169. The third-order valence-electron chi connectivity index (χ3n) is 3.85. The van der Waals surface area contributed by atoms with E-state index in [1.54, 1.807) is 9.81 Å². The predicted molar refractivity (Wildman–Crippen MR) is 82.3 cm³/mol. The number of hydrogen-bond acceptors (Lipinski definition) is 3. The molecule has 3 heteroatoms. The van der Waals surface area contributed by atoms with E-state index in [9.17, 15) is 0 Å². The van der Waals surface area contributed by atoms with Crippen LogP contribution < -0.4 is 0 Å². The lowest BCUT2D eigenvalue weighted by molar-refractivity contribution is 0.549. The second-order valence-electron chi connectivity index (χ2n) is 5.69. The van der Waals surface area contributed by atoms with Crippen LogP contribution in [0.2, 0.25) is 0 Å². The molecule has 0 fully saturated rings. The summed E-state index contributed by atoms with van der Waals surface area (Å²) in [4.78, 5) is 3.13. The molecule has 0 amide bonds. The standard InChI is InChI=1S/C14H16S3/c1-13(2)9-7-5-6-8-10(9)14(3,4)12-11(13)15-17-16-12/h5-8H,1-4H3. The third-order valence-corrected chi connectivity index (χ3v) is 8.51. The molecule has 1 aromatic rings. The van der Waals surface area contributed by atoms with Crippen LogP contribution in [-0.4, -0.2) is 0 Å². The van der Waals surface area contributed by atoms with Gasteiger partial charge in [-0.3, -0.25) is 0 Å². The lowest BCUT2D eigenvalue weighted by atomic mass is 9.67. The van der Waals surface area contributed by atoms with Crippen LogP contribution in [0.1, 0.15) is 38.8 Å². The number of allylic oxidation sites excluding steroid dienone is 2. The smallest absolute Gasteiger partial charge is 0.0226 e. The van der Waals surface area contributed by atoms with Gasteiger partial charge >= 0.3 is 0 Å². The van der Waals surface area contributed by atoms with E-state index in [1.807, 2.05) is 31.4 Å². The summed E-state index contributed by atoms with van der Waals surface area (Å²) in [6.07, 6.45) is 0. The van der Waals surface area contributed by atoms with E-state index < -0.39 is 0 Å². The molecule has 0 bridgehead atoms. The Hall–Kier alpha value is 0.01000. The molecule has 0 N–H and O–H groups in total. The fraction of sp³-hybridized carbons (Fsp3) is 0.429. The predicted octanol–water partition coefficient (Wildman–Crippen LogP) is 5.51. The maximum Gasteiger partial charge on any atom is 0.0226 e. The van der Waals surface area contributed by atoms with E-state index in [0.717, 1.165) is 0 Å². The summed E-state index contributed by atoms with van der Waals surface area (Å²) in [5.74, 6) is 0. The van der Waals surface area contributed by atoms with Crippen molar-refractivity contribution < 1.29 is 0 Å². The topological polar surface area (TPSA) is 0 Å². The highest BCUT2D eigenvalue weighted by atomic mass is 33.5. The van der Waals surface area contributed by atoms with Gasteiger partial charge in [-0.1, -0.05) is 52.0 Å². The van der Waals surface area contributed by atoms with Gasteiger partial charge in [-0.25, -0.2) is 0 Å². The SMILES string of the molecule is CC1(C)C2=C(SSS2)C(C)(C)c2ccccc21. The van der Waals surface area contributed by atoms with E-state index >= 15 is 0 Å². The molecule has 1 aromatic carbocycles. The van der Waals surface area contributed by atoms with Gasteiger partial charge in [-0.15, -0.1) is 0 Å². The average molecular weight is 280 g/mol. The highest BCUT2D eigenvalue weighted by molar-refractivity contribution is 9.12. The molecule has 2 aliphatic rings. The van der Waals surface area contributed by atoms with Crippen LogP contribution in [0.25, 0.3) is 0 Å². The first-order chi connectivity index (χ1) is 7.95. The minimum Gasteiger partial charge on any atom is -0.0619 e. The molecular weight excluding hydrogens is 264 g/mol. The summed E-state index contributed by atoms with van der Waals surface area (Å²) in [5, 5.41) is 0.